The predicted octanol–water partition coefficient (Wildman–Crippen LogP) is 19.5. The summed E-state index contributed by atoms with van der Waals surface area (Å²) >= 11 is 36.1. The summed E-state index contributed by atoms with van der Waals surface area (Å²) in [5, 5.41) is 10.2. The third-order valence-corrected chi connectivity index (χ3v) is 28.3. The molecule has 0 unspecified atom stereocenters. The number of halogens is 8. The maximum atomic E-state index is 14.9. The van der Waals surface area contributed by atoms with Gasteiger partial charge < -0.3 is 69.4 Å². The summed E-state index contributed by atoms with van der Waals surface area (Å²) in [6.07, 6.45) is 8.39. The van der Waals surface area contributed by atoms with Gasteiger partial charge >= 0.3 is 12.1 Å². The number of H-pyrrole nitrogens is 3. The first-order chi connectivity index (χ1) is 61.2. The van der Waals surface area contributed by atoms with Crippen molar-refractivity contribution in [3.05, 3.63) is 268 Å². The first kappa shape index (κ1) is 91.9. The number of piperazine rings is 2. The zero-order valence-corrected chi connectivity index (χ0v) is 77.4. The molecule has 0 saturated carbocycles. The molecule has 9 heterocycles. The third-order valence-electron chi connectivity index (χ3n) is 25.0. The second-order valence-electron chi connectivity index (χ2n) is 33.3. The molecule has 6 saturated heterocycles. The standard InChI is InChI=1S/C34H34Cl2FN5O4.C31H31BrClN3O2S.C31H36Cl2FN5O3/c1-3-38-33(45)41-14-12-40(13-15-41)32(44)34(46-24-8-4-21(2)5-9-24)18-30(43)42(20-22-6-11-27(36)28(37)16-22)31(34)26-19-39-29-17-23(35)7-10-25(26)29;1-21-2-9-25(10-3-21)39-31(30(37)35-14-16-38-17-15-35)12-13-36(20-22-4-6-23(32)7-5-22)29(31)27-19-34-28-18-24(33)8-11-26(27)28;1-3-5-10-31(29(41)37-11-13-38(14-12-37)30(42)35-4-2)17-27(40)39(19-20-6-9-24(33)25(34)15-20)28(31)23-18-36-26-16-21(32)7-8-22(23)26/h4-11,16-17,19,31,39H,3,12-15,18,20H2,1-2H3,(H,38,45);2-11,18-19,29,34H,12-17,20H2,1H3;6-9,15-16,18,28,36H,3-5,10-14,17,19H2,1-2H3,(H,35,42)/t31-,34-;29-,31-;28-,31+/m000/s1. The second kappa shape index (κ2) is 40.0. The number of amides is 9. The van der Waals surface area contributed by atoms with Crippen molar-refractivity contribution in [2.24, 2.45) is 5.41 Å². The summed E-state index contributed by atoms with van der Waals surface area (Å²) in [5.74, 6) is -1.48. The smallest absolute Gasteiger partial charge is 0.317 e. The number of fused-ring (bicyclic) bond motifs is 3. The molecule has 0 aliphatic carbocycles. The van der Waals surface area contributed by atoms with Gasteiger partial charge in [0.1, 0.15) is 28.2 Å². The number of hydrogen-bond acceptors (Lipinski definition) is 11. The average Bonchev–Trinajstić information content (AvgIpc) is 1.58. The molecule has 5 N–H and O–H groups in total. The molecule has 0 bridgehead atoms. The van der Waals surface area contributed by atoms with Crippen LogP contribution in [0.25, 0.3) is 32.7 Å². The number of urea groups is 2. The van der Waals surface area contributed by atoms with Crippen molar-refractivity contribution in [3.8, 4) is 5.75 Å². The minimum Gasteiger partial charge on any atom is -0.474 e. The second-order valence-corrected chi connectivity index (χ2v) is 37.7. The third kappa shape index (κ3) is 19.7. The van der Waals surface area contributed by atoms with Gasteiger partial charge in [-0.1, -0.05) is 172 Å². The number of carbonyl (C=O) groups excluding carboxylic acids is 7. The number of unbranched alkanes of at least 4 members (excludes halogenated alkanes) is 1. The Morgan fingerprint density at radius 1 is 0.496 bits per heavy atom. The molecule has 6 aliphatic rings. The fraction of sp³-hybridized carbons (Fsp3) is 0.365. The van der Waals surface area contributed by atoms with Gasteiger partial charge in [0, 0.05) is 198 Å². The van der Waals surface area contributed by atoms with Gasteiger partial charge in [-0.05, 0) is 160 Å². The van der Waals surface area contributed by atoms with Crippen molar-refractivity contribution < 1.29 is 51.8 Å². The van der Waals surface area contributed by atoms with Crippen molar-refractivity contribution >= 4 is 160 Å². The Morgan fingerprint density at radius 3 is 1.43 bits per heavy atom. The lowest BCUT2D eigenvalue weighted by atomic mass is 9.72. The van der Waals surface area contributed by atoms with E-state index in [9.17, 15) is 42.3 Å². The van der Waals surface area contributed by atoms with Gasteiger partial charge in [-0.15, -0.1) is 11.8 Å². The van der Waals surface area contributed by atoms with E-state index >= 15 is 0 Å². The summed E-state index contributed by atoms with van der Waals surface area (Å²) < 4.78 is 41.8. The van der Waals surface area contributed by atoms with Crippen LogP contribution in [0.4, 0.5) is 18.4 Å². The maximum absolute atomic E-state index is 14.9. The predicted molar refractivity (Wildman–Crippen MR) is 499 cm³/mol. The number of benzene rings is 8. The number of thioether (sulfide) groups is 1. The van der Waals surface area contributed by atoms with Crippen LogP contribution in [0.3, 0.4) is 0 Å². The Bertz CT molecular complexity index is 5870. The number of nitrogens with zero attached hydrogens (tertiary/aromatic N) is 8. The molecule has 11 aromatic rings. The summed E-state index contributed by atoms with van der Waals surface area (Å²) in [4.78, 5) is 123. The van der Waals surface area contributed by atoms with E-state index in [-0.39, 0.29) is 96.7 Å². The highest BCUT2D eigenvalue weighted by atomic mass is 79.9. The molecular formula is C96H101BrCl5F2N13O9S. The van der Waals surface area contributed by atoms with Crippen LogP contribution in [0.2, 0.25) is 25.1 Å². The lowest BCUT2D eigenvalue weighted by molar-refractivity contribution is -0.152. The number of aryl methyl sites for hydroxylation is 2. The van der Waals surface area contributed by atoms with Crippen LogP contribution in [-0.2, 0) is 48.3 Å². The minimum absolute atomic E-state index is 0.00903. The largest absolute Gasteiger partial charge is 0.474 e. The first-order valence-electron chi connectivity index (χ1n) is 43.0. The Morgan fingerprint density at radius 2 is 0.937 bits per heavy atom. The van der Waals surface area contributed by atoms with Crippen LogP contribution in [0.15, 0.2) is 192 Å². The number of carbonyl (C=O) groups is 7. The van der Waals surface area contributed by atoms with E-state index in [4.69, 9.17) is 67.5 Å². The lowest BCUT2D eigenvalue weighted by Gasteiger charge is -2.43. The molecule has 31 heteroatoms. The average molecular weight is 1910 g/mol. The Labute approximate surface area is 774 Å². The molecular weight excluding hydrogens is 1810 g/mol. The van der Waals surface area contributed by atoms with Gasteiger partial charge in [-0.2, -0.15) is 0 Å². The molecule has 127 heavy (non-hydrogen) atoms. The number of aromatic amines is 3. The van der Waals surface area contributed by atoms with Crippen LogP contribution in [-0.4, -0.2) is 204 Å². The van der Waals surface area contributed by atoms with Gasteiger partial charge in [0.25, 0.3) is 5.91 Å². The Balaban J connectivity index is 0.000000147. The van der Waals surface area contributed by atoms with Crippen LogP contribution >= 0.6 is 85.7 Å². The molecule has 0 spiro atoms. The Kier molecular flexibility index (Phi) is 28.9. The van der Waals surface area contributed by atoms with E-state index in [1.54, 1.807) is 84.9 Å². The Hall–Kier alpha value is -9.87. The number of aromatic nitrogens is 3. The zero-order valence-electron chi connectivity index (χ0n) is 71.2. The van der Waals surface area contributed by atoms with Crippen LogP contribution in [0.1, 0.15) is 122 Å². The van der Waals surface area contributed by atoms with Gasteiger partial charge in [0.15, 0.2) is 0 Å². The van der Waals surface area contributed by atoms with Crippen LogP contribution < -0.4 is 15.4 Å². The fourth-order valence-corrected chi connectivity index (χ4v) is 21.2. The molecule has 3 aromatic heterocycles. The van der Waals surface area contributed by atoms with Crippen molar-refractivity contribution in [2.75, 3.05) is 98.3 Å². The van der Waals surface area contributed by atoms with Crippen molar-refractivity contribution in [2.45, 2.75) is 126 Å². The quantitative estimate of drug-likeness (QED) is 0.0454. The van der Waals surface area contributed by atoms with E-state index in [0.29, 0.717) is 123 Å². The number of nitrogens with one attached hydrogen (secondary N) is 5. The SMILES string of the molecule is CCCC[C@@]1(C(=O)N2CCN(C(=O)NCC)CC2)CC(=O)N(Cc2ccc(Cl)c(F)c2)[C@H]1c1c[nH]c2cc(Cl)ccc12.CCNC(=O)N1CCN(C(=O)[C@]2(Oc3ccc(C)cc3)CC(=O)N(Cc3ccc(Cl)c(F)c3)[C@H]2c2c[nH]c3cc(Cl)ccc23)CC1.Cc1ccc(S[C@@]2(C(=O)N3CCOCC3)CCN(Cc3ccc(Br)cc3)[C@H]2c2c[nH]c3cc(Cl)ccc23)cc1. The van der Waals surface area contributed by atoms with Crippen molar-refractivity contribution in [3.63, 3.8) is 0 Å². The van der Waals surface area contributed by atoms with E-state index in [0.717, 1.165) is 91.1 Å². The number of likely N-dealkylation sites (tertiary alicyclic amines) is 3. The highest BCUT2D eigenvalue weighted by molar-refractivity contribution is 9.10. The molecule has 22 nitrogen and oxygen atoms in total. The van der Waals surface area contributed by atoms with E-state index in [1.807, 2.05) is 79.2 Å². The maximum Gasteiger partial charge on any atom is 0.317 e. The highest BCUT2D eigenvalue weighted by Crippen LogP contribution is 2.57. The normalized spacial score (nSPS) is 20.9. The number of morpholine rings is 1. The number of hydrogen-bond donors (Lipinski definition) is 5. The molecule has 8 aromatic carbocycles. The van der Waals surface area contributed by atoms with E-state index in [2.05, 4.69) is 121 Å². The molecule has 666 valence electrons. The van der Waals surface area contributed by atoms with Crippen molar-refractivity contribution in [1.82, 2.24) is 64.8 Å². The first-order valence-corrected chi connectivity index (χ1v) is 46.5. The molecule has 6 aliphatic heterocycles. The number of rotatable bonds is 21. The topological polar surface area (TPSA) is 235 Å². The molecule has 6 fully saturated rings. The zero-order chi connectivity index (χ0) is 89.6. The fourth-order valence-electron chi connectivity index (χ4n) is 18.7. The molecule has 17 rings (SSSR count). The van der Waals surface area contributed by atoms with E-state index in [1.165, 1.54) is 35.4 Å². The van der Waals surface area contributed by atoms with Gasteiger partial charge in [-0.3, -0.25) is 28.9 Å². The molecule has 6 atom stereocenters. The van der Waals surface area contributed by atoms with Crippen LogP contribution in [0.5, 0.6) is 5.75 Å². The summed E-state index contributed by atoms with van der Waals surface area (Å²) in [5.41, 5.74) is 6.95. The summed E-state index contributed by atoms with van der Waals surface area (Å²) in [6, 6.07) is 48.2. The summed E-state index contributed by atoms with van der Waals surface area (Å²) in [7, 11) is 0. The molecule has 9 amide bonds. The van der Waals surface area contributed by atoms with Gasteiger partial charge in [-0.25, -0.2) is 18.4 Å². The lowest BCUT2D eigenvalue weighted by Crippen LogP contribution is -2.61. The van der Waals surface area contributed by atoms with Crippen molar-refractivity contribution in [1.29, 1.82) is 0 Å². The number of ether oxygens (including phenoxy) is 2. The monoisotopic (exact) mass is 1900 g/mol. The minimum atomic E-state index is -1.69. The summed E-state index contributed by atoms with van der Waals surface area (Å²) in [6.45, 7) is 17.8. The van der Waals surface area contributed by atoms with Gasteiger partial charge in [0.2, 0.25) is 29.2 Å². The highest BCUT2D eigenvalue weighted by Gasteiger charge is 2.63. The van der Waals surface area contributed by atoms with Gasteiger partial charge in [0.05, 0.1) is 47.2 Å². The molecule has 0 radical (unpaired) electrons. The van der Waals surface area contributed by atoms with Crippen LogP contribution in [0, 0.1) is 30.9 Å². The van der Waals surface area contributed by atoms with E-state index < -0.39 is 39.5 Å².